The Morgan fingerprint density at radius 1 is 0.931 bits per heavy atom. The van der Waals surface area contributed by atoms with Crippen LogP contribution in [0.4, 0.5) is 11.6 Å². The first kappa shape index (κ1) is 18.7. The third-order valence-corrected chi connectivity index (χ3v) is 5.36. The number of aromatic nitrogens is 2. The average molecular weight is 412 g/mol. The number of nitrogens with one attached hydrogen (secondary N) is 2. The van der Waals surface area contributed by atoms with Crippen molar-refractivity contribution < 1.29 is 22.7 Å². The number of hydrogen-bond donors (Lipinski definition) is 2. The van der Waals surface area contributed by atoms with Crippen LogP contribution in [-0.2, 0) is 10.0 Å². The van der Waals surface area contributed by atoms with Gasteiger partial charge in [0.1, 0.15) is 13.2 Å². The van der Waals surface area contributed by atoms with Gasteiger partial charge in [-0.2, -0.15) is 0 Å². The zero-order valence-electron chi connectivity index (χ0n) is 15.0. The van der Waals surface area contributed by atoms with Crippen molar-refractivity contribution in [3.8, 4) is 11.5 Å². The third kappa shape index (κ3) is 4.27. The van der Waals surface area contributed by atoms with E-state index in [9.17, 15) is 13.2 Å². The van der Waals surface area contributed by atoms with Gasteiger partial charge in [0.15, 0.2) is 11.5 Å². The number of benzene rings is 2. The minimum atomic E-state index is -3.84. The highest BCUT2D eigenvalue weighted by Gasteiger charge is 2.17. The lowest BCUT2D eigenvalue weighted by atomic mass is 10.1. The summed E-state index contributed by atoms with van der Waals surface area (Å²) in [5, 5.41) is 2.72. The molecular weight excluding hydrogens is 396 g/mol. The molecule has 0 radical (unpaired) electrons. The Kier molecular flexibility index (Phi) is 5.00. The van der Waals surface area contributed by atoms with E-state index in [1.165, 1.54) is 36.7 Å². The molecule has 3 aromatic rings. The molecule has 1 amide bonds. The Morgan fingerprint density at radius 3 is 2.34 bits per heavy atom. The fourth-order valence-electron chi connectivity index (χ4n) is 2.64. The summed E-state index contributed by atoms with van der Waals surface area (Å²) in [4.78, 5) is 20.2. The molecule has 0 fully saturated rings. The van der Waals surface area contributed by atoms with Gasteiger partial charge in [-0.3, -0.25) is 4.79 Å². The molecule has 2 aromatic carbocycles. The number of sulfonamides is 1. The molecular formula is C19H16N4O5S. The van der Waals surface area contributed by atoms with E-state index in [-0.39, 0.29) is 16.8 Å². The van der Waals surface area contributed by atoms with Crippen LogP contribution in [0.2, 0.25) is 0 Å². The molecule has 0 atom stereocenters. The molecule has 0 bridgehead atoms. The number of ether oxygens (including phenoxy) is 2. The summed E-state index contributed by atoms with van der Waals surface area (Å²) in [5.74, 6) is 0.730. The monoisotopic (exact) mass is 412 g/mol. The lowest BCUT2D eigenvalue weighted by molar-refractivity contribution is 0.102. The number of hydrogen-bond acceptors (Lipinski definition) is 7. The highest BCUT2D eigenvalue weighted by atomic mass is 32.2. The third-order valence-electron chi connectivity index (χ3n) is 4.02. The summed E-state index contributed by atoms with van der Waals surface area (Å²) >= 11 is 0. The Hall–Kier alpha value is -3.66. The maximum absolute atomic E-state index is 12.5. The predicted molar refractivity (Wildman–Crippen MR) is 105 cm³/mol. The number of carbonyl (C=O) groups is 1. The van der Waals surface area contributed by atoms with Gasteiger partial charge in [0.25, 0.3) is 15.9 Å². The zero-order chi connectivity index (χ0) is 20.3. The first-order valence-electron chi connectivity index (χ1n) is 8.62. The molecule has 4 rings (SSSR count). The minimum Gasteiger partial charge on any atom is -0.486 e. The van der Waals surface area contributed by atoms with Crippen molar-refractivity contribution in [1.82, 2.24) is 9.97 Å². The molecule has 1 aliphatic heterocycles. The van der Waals surface area contributed by atoms with Gasteiger partial charge < -0.3 is 14.8 Å². The van der Waals surface area contributed by atoms with Crippen molar-refractivity contribution >= 4 is 27.6 Å². The second kappa shape index (κ2) is 7.76. The number of nitrogens with zero attached hydrogens (tertiary/aromatic N) is 2. The van der Waals surface area contributed by atoms with Crippen LogP contribution in [0.3, 0.4) is 0 Å². The van der Waals surface area contributed by atoms with Gasteiger partial charge in [0.05, 0.1) is 4.90 Å². The number of amides is 1. The fraction of sp³-hybridized carbons (Fsp3) is 0.105. The van der Waals surface area contributed by atoms with Gasteiger partial charge in [-0.25, -0.2) is 23.1 Å². The van der Waals surface area contributed by atoms with Crippen molar-refractivity contribution in [3.05, 3.63) is 66.5 Å². The maximum atomic E-state index is 12.5. The standard InChI is InChI=1S/C19H16N4O5S/c24-18(13-2-7-16-17(12-13)28-11-10-27-16)22-14-3-5-15(6-4-14)29(25,26)23-19-20-8-1-9-21-19/h1-9,12H,10-11H2,(H,22,24)(H,20,21,23). The Balaban J connectivity index is 1.46. The van der Waals surface area contributed by atoms with Crippen LogP contribution in [0, 0.1) is 0 Å². The van der Waals surface area contributed by atoms with Gasteiger partial charge in [0, 0.05) is 23.6 Å². The molecule has 0 saturated carbocycles. The molecule has 2 heterocycles. The molecule has 148 valence electrons. The molecule has 9 nitrogen and oxygen atoms in total. The van der Waals surface area contributed by atoms with E-state index >= 15 is 0 Å². The summed E-state index contributed by atoms with van der Waals surface area (Å²) in [5.41, 5.74) is 0.841. The van der Waals surface area contributed by atoms with E-state index < -0.39 is 10.0 Å². The number of rotatable bonds is 5. The van der Waals surface area contributed by atoms with Crippen LogP contribution in [-0.4, -0.2) is 37.5 Å². The normalized spacial score (nSPS) is 12.8. The summed E-state index contributed by atoms with van der Waals surface area (Å²) < 4.78 is 38.0. The molecule has 1 aliphatic rings. The number of carbonyl (C=O) groups excluding carboxylic acids is 1. The van der Waals surface area contributed by atoms with Crippen LogP contribution in [0.1, 0.15) is 10.4 Å². The van der Waals surface area contributed by atoms with Crippen LogP contribution < -0.4 is 19.5 Å². The van der Waals surface area contributed by atoms with Gasteiger partial charge in [0.2, 0.25) is 5.95 Å². The minimum absolute atomic E-state index is 0.0160. The second-order valence-corrected chi connectivity index (χ2v) is 7.70. The molecule has 0 spiro atoms. The zero-order valence-corrected chi connectivity index (χ0v) is 15.8. The number of anilines is 2. The van der Waals surface area contributed by atoms with Crippen molar-refractivity contribution in [2.24, 2.45) is 0 Å². The molecule has 29 heavy (non-hydrogen) atoms. The molecule has 2 N–H and O–H groups in total. The molecule has 10 heteroatoms. The summed E-state index contributed by atoms with van der Waals surface area (Å²) in [6.07, 6.45) is 2.86. The van der Waals surface area contributed by atoms with E-state index in [0.29, 0.717) is 36.0 Å². The van der Waals surface area contributed by atoms with Crippen LogP contribution in [0.5, 0.6) is 11.5 Å². The van der Waals surface area contributed by atoms with E-state index in [0.717, 1.165) is 0 Å². The van der Waals surface area contributed by atoms with Crippen molar-refractivity contribution in [2.45, 2.75) is 4.90 Å². The topological polar surface area (TPSA) is 120 Å². The Labute approximate surface area is 166 Å². The van der Waals surface area contributed by atoms with E-state index in [1.54, 1.807) is 24.3 Å². The summed E-state index contributed by atoms with van der Waals surface area (Å²) in [6, 6.07) is 12.2. The summed E-state index contributed by atoms with van der Waals surface area (Å²) in [7, 11) is -3.84. The van der Waals surface area contributed by atoms with Gasteiger partial charge in [-0.1, -0.05) is 0 Å². The van der Waals surface area contributed by atoms with E-state index in [2.05, 4.69) is 20.0 Å². The van der Waals surface area contributed by atoms with Gasteiger partial charge in [-0.05, 0) is 48.5 Å². The maximum Gasteiger partial charge on any atom is 0.264 e. The first-order chi connectivity index (χ1) is 14.0. The lowest BCUT2D eigenvalue weighted by Gasteiger charge is -2.18. The van der Waals surface area contributed by atoms with Crippen LogP contribution in [0.25, 0.3) is 0 Å². The van der Waals surface area contributed by atoms with Crippen molar-refractivity contribution in [1.29, 1.82) is 0 Å². The Bertz CT molecular complexity index is 1140. The summed E-state index contributed by atoms with van der Waals surface area (Å²) in [6.45, 7) is 0.898. The SMILES string of the molecule is O=C(Nc1ccc(S(=O)(=O)Nc2ncccn2)cc1)c1ccc2c(c1)OCCO2. The first-order valence-corrected chi connectivity index (χ1v) is 10.1. The lowest BCUT2D eigenvalue weighted by Crippen LogP contribution is -2.17. The molecule has 1 aromatic heterocycles. The quantitative estimate of drug-likeness (QED) is 0.660. The highest BCUT2D eigenvalue weighted by Crippen LogP contribution is 2.31. The van der Waals surface area contributed by atoms with E-state index in [4.69, 9.17) is 9.47 Å². The van der Waals surface area contributed by atoms with E-state index in [1.807, 2.05) is 0 Å². The Morgan fingerprint density at radius 2 is 1.62 bits per heavy atom. The van der Waals surface area contributed by atoms with Crippen LogP contribution in [0.15, 0.2) is 65.8 Å². The van der Waals surface area contributed by atoms with Crippen molar-refractivity contribution in [2.75, 3.05) is 23.3 Å². The number of fused-ring (bicyclic) bond motifs is 1. The molecule has 0 aliphatic carbocycles. The molecule has 0 saturated heterocycles. The van der Waals surface area contributed by atoms with Gasteiger partial charge in [-0.15, -0.1) is 0 Å². The predicted octanol–water partition coefficient (Wildman–Crippen LogP) is 2.30. The largest absolute Gasteiger partial charge is 0.486 e. The highest BCUT2D eigenvalue weighted by molar-refractivity contribution is 7.92. The molecule has 0 unspecified atom stereocenters. The smallest absolute Gasteiger partial charge is 0.264 e. The van der Waals surface area contributed by atoms with Crippen molar-refractivity contribution in [3.63, 3.8) is 0 Å². The van der Waals surface area contributed by atoms with Crippen LogP contribution >= 0.6 is 0 Å². The van der Waals surface area contributed by atoms with Gasteiger partial charge >= 0.3 is 0 Å². The second-order valence-electron chi connectivity index (χ2n) is 6.01. The fourth-order valence-corrected chi connectivity index (χ4v) is 3.59. The average Bonchev–Trinajstić information content (AvgIpc) is 2.74.